The molecule has 150 valence electrons. The fraction of sp³-hybridized carbons (Fsp3) is 0.300. The number of nitrogens with two attached hydrogens (primary N) is 1. The summed E-state index contributed by atoms with van der Waals surface area (Å²) < 4.78 is 19.1. The summed E-state index contributed by atoms with van der Waals surface area (Å²) in [5.41, 5.74) is 6.31. The highest BCUT2D eigenvalue weighted by Crippen LogP contribution is 2.18. The van der Waals surface area contributed by atoms with Crippen LogP contribution in [0.5, 0.6) is 5.75 Å². The van der Waals surface area contributed by atoms with Crippen LogP contribution in [-0.4, -0.2) is 29.7 Å². The van der Waals surface area contributed by atoms with Crippen LogP contribution >= 0.6 is 0 Å². The zero-order valence-electron chi connectivity index (χ0n) is 15.4. The lowest BCUT2D eigenvalue weighted by molar-refractivity contribution is -0.139. The van der Waals surface area contributed by atoms with E-state index in [0.717, 1.165) is 0 Å². The summed E-state index contributed by atoms with van der Waals surface area (Å²) in [7, 11) is 0. The number of hydrogen-bond acceptors (Lipinski definition) is 4. The van der Waals surface area contributed by atoms with Crippen molar-refractivity contribution >= 4 is 17.7 Å². The lowest BCUT2D eigenvalue weighted by Gasteiger charge is -2.15. The SMILES string of the molecule is NCCCC[C@H](NC(=O)Nc1ccc(OCc2ccccc2F)cc1)C(=O)O. The Kier molecular flexibility index (Phi) is 8.23. The molecule has 0 unspecified atom stereocenters. The Morgan fingerprint density at radius 1 is 1.11 bits per heavy atom. The van der Waals surface area contributed by atoms with Gasteiger partial charge in [0.25, 0.3) is 0 Å². The number of anilines is 1. The molecular weight excluding hydrogens is 365 g/mol. The summed E-state index contributed by atoms with van der Waals surface area (Å²) in [5, 5.41) is 14.2. The number of unbranched alkanes of at least 4 members (excludes halogenated alkanes) is 1. The number of urea groups is 1. The predicted octanol–water partition coefficient (Wildman–Crippen LogP) is 3.11. The van der Waals surface area contributed by atoms with Crippen molar-refractivity contribution in [1.29, 1.82) is 0 Å². The number of carboxylic acids is 1. The highest BCUT2D eigenvalue weighted by molar-refractivity contribution is 5.92. The molecule has 1 atom stereocenters. The summed E-state index contributed by atoms with van der Waals surface area (Å²) in [6.07, 6.45) is 1.62. The van der Waals surface area contributed by atoms with Crippen LogP contribution in [0.4, 0.5) is 14.9 Å². The van der Waals surface area contributed by atoms with E-state index >= 15 is 0 Å². The number of nitrogens with one attached hydrogen (secondary N) is 2. The first-order chi connectivity index (χ1) is 13.5. The molecule has 2 rings (SSSR count). The third-order valence-corrected chi connectivity index (χ3v) is 4.01. The minimum Gasteiger partial charge on any atom is -0.489 e. The predicted molar refractivity (Wildman–Crippen MR) is 104 cm³/mol. The molecule has 2 aromatic rings. The number of amides is 2. The van der Waals surface area contributed by atoms with Gasteiger partial charge in [-0.1, -0.05) is 18.2 Å². The molecule has 0 saturated carbocycles. The average molecular weight is 389 g/mol. The van der Waals surface area contributed by atoms with Crippen molar-refractivity contribution in [2.45, 2.75) is 31.9 Å². The minimum atomic E-state index is -1.09. The van der Waals surface area contributed by atoms with Crippen molar-refractivity contribution in [2.24, 2.45) is 5.73 Å². The van der Waals surface area contributed by atoms with Crippen molar-refractivity contribution < 1.29 is 23.8 Å². The highest BCUT2D eigenvalue weighted by atomic mass is 19.1. The maximum Gasteiger partial charge on any atom is 0.326 e. The van der Waals surface area contributed by atoms with Gasteiger partial charge in [-0.25, -0.2) is 14.0 Å². The molecule has 8 heteroatoms. The second kappa shape index (κ2) is 10.9. The number of halogens is 1. The number of carboxylic acid groups (broad SMARTS) is 1. The standard InChI is InChI=1S/C20H24FN3O4/c21-17-6-2-1-5-14(17)13-28-16-10-8-15(9-11-16)23-20(27)24-18(19(25)26)7-3-4-12-22/h1-2,5-6,8-11,18H,3-4,7,12-13,22H2,(H,25,26)(H2,23,24,27)/t18-/m0/s1. The van der Waals surface area contributed by atoms with Crippen molar-refractivity contribution in [3.63, 3.8) is 0 Å². The third kappa shape index (κ3) is 6.88. The van der Waals surface area contributed by atoms with Crippen LogP contribution in [0.3, 0.4) is 0 Å². The normalized spacial score (nSPS) is 11.5. The van der Waals surface area contributed by atoms with Crippen molar-refractivity contribution in [3.8, 4) is 5.75 Å². The number of ether oxygens (including phenoxy) is 1. The van der Waals surface area contributed by atoms with Gasteiger partial charge < -0.3 is 26.2 Å². The van der Waals surface area contributed by atoms with Gasteiger partial charge >= 0.3 is 12.0 Å². The zero-order chi connectivity index (χ0) is 20.4. The number of rotatable bonds is 10. The monoisotopic (exact) mass is 389 g/mol. The number of aliphatic carboxylic acids is 1. The average Bonchev–Trinajstić information content (AvgIpc) is 2.68. The molecule has 7 nitrogen and oxygen atoms in total. The molecule has 5 N–H and O–H groups in total. The second-order valence-corrected chi connectivity index (χ2v) is 6.18. The first kappa shape index (κ1) is 21.2. The molecule has 2 amide bonds. The van der Waals surface area contributed by atoms with Crippen LogP contribution in [0.2, 0.25) is 0 Å². The Labute approximate surface area is 162 Å². The zero-order valence-corrected chi connectivity index (χ0v) is 15.4. The first-order valence-electron chi connectivity index (χ1n) is 8.96. The van der Waals surface area contributed by atoms with Crippen LogP contribution in [0, 0.1) is 5.82 Å². The van der Waals surface area contributed by atoms with E-state index in [1.54, 1.807) is 42.5 Å². The fourth-order valence-corrected chi connectivity index (χ4v) is 2.49. The van der Waals surface area contributed by atoms with Crippen molar-refractivity contribution in [1.82, 2.24) is 5.32 Å². The molecule has 0 heterocycles. The van der Waals surface area contributed by atoms with Gasteiger partial charge in [0.1, 0.15) is 24.2 Å². The number of benzene rings is 2. The number of carbonyl (C=O) groups is 2. The molecule has 0 aliphatic carbocycles. The van der Waals surface area contributed by atoms with Gasteiger partial charge in [0.05, 0.1) is 0 Å². The van der Waals surface area contributed by atoms with Gasteiger partial charge in [0, 0.05) is 11.3 Å². The Balaban J connectivity index is 1.84. The summed E-state index contributed by atoms with van der Waals surface area (Å²) in [6.45, 7) is 0.562. The van der Waals surface area contributed by atoms with Crippen LogP contribution in [-0.2, 0) is 11.4 Å². The minimum absolute atomic E-state index is 0.0863. The molecule has 0 bridgehead atoms. The molecular formula is C20H24FN3O4. The molecule has 0 spiro atoms. The van der Waals surface area contributed by atoms with Gasteiger partial charge in [0.15, 0.2) is 0 Å². The van der Waals surface area contributed by atoms with Gasteiger partial charge in [-0.3, -0.25) is 0 Å². The van der Waals surface area contributed by atoms with Crippen LogP contribution in [0.25, 0.3) is 0 Å². The molecule has 0 aliphatic heterocycles. The second-order valence-electron chi connectivity index (χ2n) is 6.18. The Bertz CT molecular complexity index is 783. The summed E-state index contributed by atoms with van der Waals surface area (Å²) >= 11 is 0. The van der Waals surface area contributed by atoms with E-state index in [1.807, 2.05) is 0 Å². The van der Waals surface area contributed by atoms with Crippen molar-refractivity contribution in [3.05, 3.63) is 59.9 Å². The third-order valence-electron chi connectivity index (χ3n) is 4.01. The van der Waals surface area contributed by atoms with Gasteiger partial charge in [-0.15, -0.1) is 0 Å². The fourth-order valence-electron chi connectivity index (χ4n) is 2.49. The molecule has 0 aliphatic rings. The Hall–Kier alpha value is -3.13. The summed E-state index contributed by atoms with van der Waals surface area (Å²) in [5.74, 6) is -0.916. The molecule has 2 aromatic carbocycles. The quantitative estimate of drug-likeness (QED) is 0.466. The maximum absolute atomic E-state index is 13.6. The first-order valence-corrected chi connectivity index (χ1v) is 8.96. The smallest absolute Gasteiger partial charge is 0.326 e. The highest BCUT2D eigenvalue weighted by Gasteiger charge is 2.19. The number of carbonyl (C=O) groups excluding carboxylic acids is 1. The van der Waals surface area contributed by atoms with Gasteiger partial charge in [-0.05, 0) is 56.1 Å². The lowest BCUT2D eigenvalue weighted by atomic mass is 10.1. The summed E-state index contributed by atoms with van der Waals surface area (Å²) in [4.78, 5) is 23.2. The van der Waals surface area contributed by atoms with E-state index in [2.05, 4.69) is 10.6 Å². The van der Waals surface area contributed by atoms with Gasteiger partial charge in [-0.2, -0.15) is 0 Å². The van der Waals surface area contributed by atoms with E-state index in [1.165, 1.54) is 6.07 Å². The summed E-state index contributed by atoms with van der Waals surface area (Å²) in [6, 6.07) is 11.2. The maximum atomic E-state index is 13.6. The van der Waals surface area contributed by atoms with E-state index < -0.39 is 18.0 Å². The molecule has 28 heavy (non-hydrogen) atoms. The van der Waals surface area contributed by atoms with E-state index in [-0.39, 0.29) is 12.4 Å². The lowest BCUT2D eigenvalue weighted by Crippen LogP contribution is -2.43. The molecule has 0 aromatic heterocycles. The van der Waals surface area contributed by atoms with Crippen LogP contribution in [0.1, 0.15) is 24.8 Å². The van der Waals surface area contributed by atoms with Crippen LogP contribution < -0.4 is 21.1 Å². The van der Waals surface area contributed by atoms with E-state index in [9.17, 15) is 19.1 Å². The topological polar surface area (TPSA) is 114 Å². The van der Waals surface area contributed by atoms with Crippen LogP contribution in [0.15, 0.2) is 48.5 Å². The van der Waals surface area contributed by atoms with E-state index in [4.69, 9.17) is 10.5 Å². The Morgan fingerprint density at radius 2 is 1.82 bits per heavy atom. The Morgan fingerprint density at radius 3 is 2.46 bits per heavy atom. The van der Waals surface area contributed by atoms with Gasteiger partial charge in [0.2, 0.25) is 0 Å². The molecule has 0 radical (unpaired) electrons. The molecule has 0 fully saturated rings. The van der Waals surface area contributed by atoms with E-state index in [0.29, 0.717) is 42.8 Å². The number of hydrogen-bond donors (Lipinski definition) is 4. The molecule has 0 saturated heterocycles. The van der Waals surface area contributed by atoms with Crippen molar-refractivity contribution in [2.75, 3.05) is 11.9 Å². The largest absolute Gasteiger partial charge is 0.489 e.